The SMILES string of the molecule is CCNC(Cc1cncc(Br)c1)c1cc(F)ccc1F. The van der Waals surface area contributed by atoms with E-state index >= 15 is 0 Å². The minimum absolute atomic E-state index is 0.285. The van der Waals surface area contributed by atoms with Crippen molar-refractivity contribution >= 4 is 15.9 Å². The molecular formula is C15H15BrF2N2. The fourth-order valence-corrected chi connectivity index (χ4v) is 2.54. The Morgan fingerprint density at radius 1 is 1.25 bits per heavy atom. The van der Waals surface area contributed by atoms with Crippen LogP contribution in [0.25, 0.3) is 0 Å². The summed E-state index contributed by atoms with van der Waals surface area (Å²) >= 11 is 3.36. The highest BCUT2D eigenvalue weighted by Crippen LogP contribution is 2.23. The number of nitrogens with zero attached hydrogens (tertiary/aromatic N) is 1. The van der Waals surface area contributed by atoms with E-state index in [4.69, 9.17) is 0 Å². The molecule has 2 aromatic rings. The maximum absolute atomic E-state index is 13.9. The van der Waals surface area contributed by atoms with Gasteiger partial charge in [0.1, 0.15) is 11.6 Å². The van der Waals surface area contributed by atoms with Crippen molar-refractivity contribution in [1.29, 1.82) is 0 Å². The first-order chi connectivity index (χ1) is 9.60. The lowest BCUT2D eigenvalue weighted by Crippen LogP contribution is -2.24. The van der Waals surface area contributed by atoms with Crippen LogP contribution in [0.2, 0.25) is 0 Å². The van der Waals surface area contributed by atoms with Crippen LogP contribution in [0.4, 0.5) is 8.78 Å². The second-order valence-corrected chi connectivity index (χ2v) is 5.41. The second kappa shape index (κ2) is 6.90. The van der Waals surface area contributed by atoms with E-state index in [-0.39, 0.29) is 6.04 Å². The third-order valence-electron chi connectivity index (χ3n) is 2.99. The van der Waals surface area contributed by atoms with E-state index in [9.17, 15) is 8.78 Å². The molecule has 0 aliphatic rings. The van der Waals surface area contributed by atoms with E-state index in [1.807, 2.05) is 13.0 Å². The smallest absolute Gasteiger partial charge is 0.128 e. The van der Waals surface area contributed by atoms with Gasteiger partial charge in [-0.15, -0.1) is 0 Å². The first kappa shape index (κ1) is 15.1. The van der Waals surface area contributed by atoms with E-state index in [1.165, 1.54) is 6.07 Å². The van der Waals surface area contributed by atoms with Crippen LogP contribution in [0.15, 0.2) is 41.1 Å². The number of nitrogens with one attached hydrogen (secondary N) is 1. The molecule has 0 bridgehead atoms. The van der Waals surface area contributed by atoms with E-state index < -0.39 is 11.6 Å². The van der Waals surface area contributed by atoms with E-state index in [0.717, 1.165) is 22.2 Å². The molecule has 0 amide bonds. The predicted octanol–water partition coefficient (Wildman–Crippen LogP) is 4.02. The first-order valence-corrected chi connectivity index (χ1v) is 7.17. The molecule has 0 aliphatic heterocycles. The van der Waals surface area contributed by atoms with Crippen molar-refractivity contribution in [3.05, 3.63) is 63.9 Å². The van der Waals surface area contributed by atoms with Gasteiger partial charge in [-0.25, -0.2) is 8.78 Å². The van der Waals surface area contributed by atoms with Crippen molar-refractivity contribution in [2.24, 2.45) is 0 Å². The number of hydrogen-bond acceptors (Lipinski definition) is 2. The molecule has 0 fully saturated rings. The molecular weight excluding hydrogens is 326 g/mol. The van der Waals surface area contributed by atoms with Crippen molar-refractivity contribution in [3.8, 4) is 0 Å². The summed E-state index contributed by atoms with van der Waals surface area (Å²) in [5.74, 6) is -0.836. The zero-order valence-corrected chi connectivity index (χ0v) is 12.6. The summed E-state index contributed by atoms with van der Waals surface area (Å²) in [6.07, 6.45) is 3.96. The lowest BCUT2D eigenvalue weighted by Gasteiger charge is -2.19. The van der Waals surface area contributed by atoms with Crippen LogP contribution in [0.5, 0.6) is 0 Å². The Balaban J connectivity index is 2.29. The molecule has 1 atom stereocenters. The fourth-order valence-electron chi connectivity index (χ4n) is 2.12. The molecule has 0 aliphatic carbocycles. The van der Waals surface area contributed by atoms with Crippen molar-refractivity contribution in [3.63, 3.8) is 0 Å². The summed E-state index contributed by atoms with van der Waals surface area (Å²) in [6, 6.07) is 5.17. The Labute approximate surface area is 125 Å². The zero-order chi connectivity index (χ0) is 14.5. The summed E-state index contributed by atoms with van der Waals surface area (Å²) in [5, 5.41) is 3.19. The number of pyridine rings is 1. The number of benzene rings is 1. The quantitative estimate of drug-likeness (QED) is 0.889. The summed E-state index contributed by atoms with van der Waals surface area (Å²) in [6.45, 7) is 2.60. The summed E-state index contributed by atoms with van der Waals surface area (Å²) < 4.78 is 28.1. The van der Waals surface area contributed by atoms with Crippen LogP contribution < -0.4 is 5.32 Å². The fraction of sp³-hybridized carbons (Fsp3) is 0.267. The lowest BCUT2D eigenvalue weighted by molar-refractivity contribution is 0.501. The van der Waals surface area contributed by atoms with Gasteiger partial charge in [-0.2, -0.15) is 0 Å². The topological polar surface area (TPSA) is 24.9 Å². The number of rotatable bonds is 5. The molecule has 0 saturated carbocycles. The molecule has 1 heterocycles. The van der Waals surface area contributed by atoms with Crippen LogP contribution in [-0.2, 0) is 6.42 Å². The van der Waals surface area contributed by atoms with Gasteiger partial charge >= 0.3 is 0 Å². The second-order valence-electron chi connectivity index (χ2n) is 4.49. The third kappa shape index (κ3) is 3.84. The highest BCUT2D eigenvalue weighted by Gasteiger charge is 2.16. The maximum Gasteiger partial charge on any atom is 0.128 e. The minimum Gasteiger partial charge on any atom is -0.310 e. The Hall–Kier alpha value is -1.33. The largest absolute Gasteiger partial charge is 0.310 e. The van der Waals surface area contributed by atoms with Crippen LogP contribution in [0, 0.1) is 11.6 Å². The number of aromatic nitrogens is 1. The molecule has 1 aromatic heterocycles. The van der Waals surface area contributed by atoms with Crippen LogP contribution in [0.3, 0.4) is 0 Å². The van der Waals surface area contributed by atoms with Gasteiger partial charge in [0.25, 0.3) is 0 Å². The average Bonchev–Trinajstić information content (AvgIpc) is 2.41. The molecule has 1 aromatic carbocycles. The standard InChI is InChI=1S/C15H15BrF2N2/c1-2-20-15(6-10-5-11(16)9-19-8-10)13-7-12(17)3-4-14(13)18/h3-5,7-9,15,20H,2,6H2,1H3. The summed E-state index contributed by atoms with van der Waals surface area (Å²) in [4.78, 5) is 4.09. The van der Waals surface area contributed by atoms with Gasteiger partial charge in [-0.3, -0.25) is 4.98 Å². The van der Waals surface area contributed by atoms with Gasteiger partial charge < -0.3 is 5.32 Å². The van der Waals surface area contributed by atoms with Gasteiger partial charge in [-0.1, -0.05) is 6.92 Å². The van der Waals surface area contributed by atoms with Crippen molar-refractivity contribution in [1.82, 2.24) is 10.3 Å². The monoisotopic (exact) mass is 340 g/mol. The molecule has 0 radical (unpaired) electrons. The maximum atomic E-state index is 13.9. The van der Waals surface area contributed by atoms with Gasteiger partial charge in [0.15, 0.2) is 0 Å². The minimum atomic E-state index is -0.434. The van der Waals surface area contributed by atoms with Crippen LogP contribution in [0.1, 0.15) is 24.1 Å². The van der Waals surface area contributed by atoms with Crippen LogP contribution in [-0.4, -0.2) is 11.5 Å². The third-order valence-corrected chi connectivity index (χ3v) is 3.42. The molecule has 5 heteroatoms. The molecule has 0 spiro atoms. The summed E-state index contributed by atoms with van der Waals surface area (Å²) in [5.41, 5.74) is 1.29. The number of halogens is 3. The highest BCUT2D eigenvalue weighted by atomic mass is 79.9. The van der Waals surface area contributed by atoms with E-state index in [2.05, 4.69) is 26.2 Å². The Kier molecular flexibility index (Phi) is 5.20. The first-order valence-electron chi connectivity index (χ1n) is 6.38. The Morgan fingerprint density at radius 2 is 2.05 bits per heavy atom. The lowest BCUT2D eigenvalue weighted by atomic mass is 9.99. The average molecular weight is 341 g/mol. The molecule has 2 rings (SSSR count). The molecule has 20 heavy (non-hydrogen) atoms. The van der Waals surface area contributed by atoms with Crippen molar-refractivity contribution < 1.29 is 8.78 Å². The van der Waals surface area contributed by atoms with Gasteiger partial charge in [0.2, 0.25) is 0 Å². The van der Waals surface area contributed by atoms with E-state index in [0.29, 0.717) is 18.5 Å². The van der Waals surface area contributed by atoms with Gasteiger partial charge in [0.05, 0.1) is 0 Å². The molecule has 1 unspecified atom stereocenters. The number of likely N-dealkylation sites (N-methyl/N-ethyl adjacent to an activating group) is 1. The molecule has 2 nitrogen and oxygen atoms in total. The Bertz CT molecular complexity index is 590. The summed E-state index contributed by atoms with van der Waals surface area (Å²) in [7, 11) is 0. The molecule has 1 N–H and O–H groups in total. The molecule has 106 valence electrons. The predicted molar refractivity (Wildman–Crippen MR) is 78.4 cm³/mol. The molecule has 0 saturated heterocycles. The van der Waals surface area contributed by atoms with Crippen LogP contribution >= 0.6 is 15.9 Å². The van der Waals surface area contributed by atoms with Gasteiger partial charge in [0, 0.05) is 28.5 Å². The zero-order valence-electron chi connectivity index (χ0n) is 11.0. The van der Waals surface area contributed by atoms with Crippen molar-refractivity contribution in [2.45, 2.75) is 19.4 Å². The Morgan fingerprint density at radius 3 is 2.75 bits per heavy atom. The highest BCUT2D eigenvalue weighted by molar-refractivity contribution is 9.10. The van der Waals surface area contributed by atoms with Gasteiger partial charge in [-0.05, 0) is 58.7 Å². The number of hydrogen-bond donors (Lipinski definition) is 1. The van der Waals surface area contributed by atoms with Crippen molar-refractivity contribution in [2.75, 3.05) is 6.54 Å². The normalized spacial score (nSPS) is 12.4. The van der Waals surface area contributed by atoms with E-state index in [1.54, 1.807) is 12.4 Å².